The van der Waals surface area contributed by atoms with E-state index >= 15 is 0 Å². The molecular weight excluding hydrogens is 476 g/mol. The van der Waals surface area contributed by atoms with Crippen molar-refractivity contribution >= 4 is 17.1 Å². The lowest BCUT2D eigenvalue weighted by molar-refractivity contribution is -0.929. The highest BCUT2D eigenvalue weighted by Gasteiger charge is 2.25. The van der Waals surface area contributed by atoms with E-state index in [1.807, 2.05) is 24.3 Å². The molecule has 0 saturated heterocycles. The van der Waals surface area contributed by atoms with Gasteiger partial charge in [-0.25, -0.2) is 0 Å². The van der Waals surface area contributed by atoms with Crippen LogP contribution in [0.4, 0.5) is 17.1 Å². The fourth-order valence-corrected chi connectivity index (χ4v) is 4.34. The fourth-order valence-electron chi connectivity index (χ4n) is 4.34. The van der Waals surface area contributed by atoms with Crippen LogP contribution in [0.15, 0.2) is 52.7 Å². The third-order valence-electron chi connectivity index (χ3n) is 6.52. The first-order valence-electron chi connectivity index (χ1n) is 13.0. The molecule has 2 aromatic carbocycles. The van der Waals surface area contributed by atoms with E-state index in [-0.39, 0.29) is 25.5 Å². The van der Waals surface area contributed by atoms with Gasteiger partial charge in [-0.15, -0.1) is 0 Å². The van der Waals surface area contributed by atoms with Crippen LogP contribution in [0.3, 0.4) is 0 Å². The summed E-state index contributed by atoms with van der Waals surface area (Å²) < 4.78 is 6.40. The first kappa shape index (κ1) is 30.3. The summed E-state index contributed by atoms with van der Waals surface area (Å²) in [5.41, 5.74) is 1.98. The minimum atomic E-state index is -0.431. The van der Waals surface area contributed by atoms with Gasteiger partial charge in [0, 0.05) is 12.1 Å². The standard InChI is InChI=1S/C27H41N4O6/c1-23-22-25(30(35)36)10-13-27(23)29-28-24-8-11-26(12-9-24)37-21-7-5-3-2-4-6-14-31(15-18-32,16-19-33)17-20-34/h8-13,22,32-34H,2-7,14-21H2,1H3/q+1. The number of hydrogen-bond donors (Lipinski definition) is 3. The SMILES string of the molecule is Cc1cc([N+](=O)[O-])ccc1N=Nc1ccc(OCCCCCCCC[N+](CCO)(CCO)CCO)cc1. The summed E-state index contributed by atoms with van der Waals surface area (Å²) in [6, 6.07) is 11.8. The maximum atomic E-state index is 10.8. The molecule has 10 nitrogen and oxygen atoms in total. The van der Waals surface area contributed by atoms with Crippen molar-refractivity contribution in [3.63, 3.8) is 0 Å². The van der Waals surface area contributed by atoms with E-state index in [9.17, 15) is 25.4 Å². The number of azo groups is 1. The number of rotatable bonds is 19. The number of non-ortho nitro benzene ring substituents is 1. The number of nitrogens with zero attached hydrogens (tertiary/aromatic N) is 4. The number of aryl methyl sites for hydroxylation is 1. The zero-order valence-electron chi connectivity index (χ0n) is 21.8. The van der Waals surface area contributed by atoms with Gasteiger partial charge in [-0.1, -0.05) is 19.3 Å². The topological polar surface area (TPSA) is 138 Å². The molecule has 0 aliphatic carbocycles. The Hall–Kier alpha value is -2.92. The molecule has 204 valence electrons. The Bertz CT molecular complexity index is 951. The second-order valence-electron chi connectivity index (χ2n) is 9.30. The number of hydrogen-bond acceptors (Lipinski definition) is 8. The average molecular weight is 518 g/mol. The van der Waals surface area contributed by atoms with Crippen LogP contribution < -0.4 is 4.74 Å². The smallest absolute Gasteiger partial charge is 0.269 e. The van der Waals surface area contributed by atoms with Crippen molar-refractivity contribution in [1.29, 1.82) is 0 Å². The van der Waals surface area contributed by atoms with Crippen molar-refractivity contribution < 1.29 is 29.5 Å². The van der Waals surface area contributed by atoms with Gasteiger partial charge in [-0.3, -0.25) is 10.1 Å². The number of nitro groups is 1. The highest BCUT2D eigenvalue weighted by molar-refractivity contribution is 5.51. The Kier molecular flexibility index (Phi) is 13.7. The Labute approximate surface area is 219 Å². The van der Waals surface area contributed by atoms with E-state index in [0.717, 1.165) is 50.8 Å². The molecule has 2 rings (SSSR count). The van der Waals surface area contributed by atoms with E-state index in [4.69, 9.17) is 4.74 Å². The predicted octanol–water partition coefficient (Wildman–Crippen LogP) is 4.83. The number of aliphatic hydroxyl groups is 3. The third-order valence-corrected chi connectivity index (χ3v) is 6.52. The van der Waals surface area contributed by atoms with E-state index in [0.29, 0.717) is 47.7 Å². The third kappa shape index (κ3) is 10.9. The largest absolute Gasteiger partial charge is 0.494 e. The molecular formula is C27H41N4O6+. The zero-order chi connectivity index (χ0) is 26.9. The van der Waals surface area contributed by atoms with Gasteiger partial charge in [0.2, 0.25) is 0 Å². The average Bonchev–Trinajstić information content (AvgIpc) is 2.88. The van der Waals surface area contributed by atoms with Gasteiger partial charge in [-0.05, 0) is 62.1 Å². The molecule has 0 radical (unpaired) electrons. The number of aliphatic hydroxyl groups excluding tert-OH is 3. The number of benzene rings is 2. The fraction of sp³-hybridized carbons (Fsp3) is 0.556. The molecule has 0 bridgehead atoms. The van der Waals surface area contributed by atoms with Crippen molar-refractivity contribution in [3.8, 4) is 5.75 Å². The summed E-state index contributed by atoms with van der Waals surface area (Å²) in [6.07, 6.45) is 6.43. The van der Waals surface area contributed by atoms with Gasteiger partial charge in [0.1, 0.15) is 25.4 Å². The minimum Gasteiger partial charge on any atom is -0.494 e. The van der Waals surface area contributed by atoms with Crippen molar-refractivity contribution in [1.82, 2.24) is 0 Å². The lowest BCUT2D eigenvalue weighted by Gasteiger charge is -2.37. The molecule has 0 heterocycles. The van der Waals surface area contributed by atoms with Crippen LogP contribution in [0, 0.1) is 17.0 Å². The maximum Gasteiger partial charge on any atom is 0.269 e. The first-order valence-corrected chi connectivity index (χ1v) is 13.0. The number of quaternary nitrogens is 1. The van der Waals surface area contributed by atoms with Gasteiger partial charge in [-0.2, -0.15) is 10.2 Å². The molecule has 0 atom stereocenters. The van der Waals surface area contributed by atoms with E-state index in [1.54, 1.807) is 13.0 Å². The molecule has 37 heavy (non-hydrogen) atoms. The summed E-state index contributed by atoms with van der Waals surface area (Å²) in [6.45, 7) is 5.18. The van der Waals surface area contributed by atoms with E-state index < -0.39 is 4.92 Å². The summed E-state index contributed by atoms with van der Waals surface area (Å²) in [4.78, 5) is 10.4. The molecule has 0 aromatic heterocycles. The van der Waals surface area contributed by atoms with Gasteiger partial charge >= 0.3 is 0 Å². The molecule has 0 aliphatic heterocycles. The number of unbranched alkanes of at least 4 members (excludes halogenated alkanes) is 5. The number of nitro benzene ring substituents is 1. The molecule has 0 spiro atoms. The normalized spacial score (nSPS) is 11.8. The molecule has 0 amide bonds. The molecule has 0 fully saturated rings. The Morgan fingerprint density at radius 2 is 1.41 bits per heavy atom. The van der Waals surface area contributed by atoms with Crippen LogP contribution in [0.1, 0.15) is 44.1 Å². The van der Waals surface area contributed by atoms with Crippen LogP contribution >= 0.6 is 0 Å². The second-order valence-corrected chi connectivity index (χ2v) is 9.30. The van der Waals surface area contributed by atoms with E-state index in [1.165, 1.54) is 12.1 Å². The number of ether oxygens (including phenoxy) is 1. The van der Waals surface area contributed by atoms with Crippen LogP contribution in [0.5, 0.6) is 5.75 Å². The Morgan fingerprint density at radius 3 is 1.97 bits per heavy atom. The highest BCUT2D eigenvalue weighted by atomic mass is 16.6. The minimum absolute atomic E-state index is 0.0334. The van der Waals surface area contributed by atoms with Crippen LogP contribution in [-0.2, 0) is 0 Å². The van der Waals surface area contributed by atoms with Crippen LogP contribution in [-0.4, -0.2) is 77.3 Å². The van der Waals surface area contributed by atoms with Crippen LogP contribution in [0.2, 0.25) is 0 Å². The highest BCUT2D eigenvalue weighted by Crippen LogP contribution is 2.26. The predicted molar refractivity (Wildman–Crippen MR) is 143 cm³/mol. The van der Waals surface area contributed by atoms with Crippen molar-refractivity contribution in [2.75, 3.05) is 52.6 Å². The maximum absolute atomic E-state index is 10.8. The first-order chi connectivity index (χ1) is 17.9. The van der Waals surface area contributed by atoms with Crippen LogP contribution in [0.25, 0.3) is 0 Å². The molecule has 0 saturated carbocycles. The molecule has 0 unspecified atom stereocenters. The van der Waals surface area contributed by atoms with E-state index in [2.05, 4.69) is 10.2 Å². The van der Waals surface area contributed by atoms with Gasteiger partial charge in [0.15, 0.2) is 0 Å². The van der Waals surface area contributed by atoms with Crippen molar-refractivity contribution in [2.45, 2.75) is 45.4 Å². The van der Waals surface area contributed by atoms with Crippen molar-refractivity contribution in [2.24, 2.45) is 10.2 Å². The zero-order valence-corrected chi connectivity index (χ0v) is 21.8. The van der Waals surface area contributed by atoms with Crippen molar-refractivity contribution in [3.05, 3.63) is 58.1 Å². The lowest BCUT2D eigenvalue weighted by atomic mass is 10.1. The summed E-state index contributed by atoms with van der Waals surface area (Å²) in [5.74, 6) is 0.774. The molecule has 3 N–H and O–H groups in total. The van der Waals surface area contributed by atoms with Gasteiger partial charge in [0.05, 0.1) is 49.3 Å². The molecule has 2 aromatic rings. The summed E-state index contributed by atoms with van der Waals surface area (Å²) >= 11 is 0. The second kappa shape index (κ2) is 16.8. The molecule has 10 heteroatoms. The summed E-state index contributed by atoms with van der Waals surface area (Å²) in [7, 11) is 0. The Balaban J connectivity index is 1.63. The molecule has 0 aliphatic rings. The van der Waals surface area contributed by atoms with Gasteiger partial charge in [0.25, 0.3) is 5.69 Å². The monoisotopic (exact) mass is 517 g/mol. The quantitative estimate of drug-likeness (QED) is 0.0802. The lowest BCUT2D eigenvalue weighted by Crippen LogP contribution is -2.53. The van der Waals surface area contributed by atoms with Gasteiger partial charge < -0.3 is 24.5 Å². The Morgan fingerprint density at radius 1 is 0.811 bits per heavy atom. The summed E-state index contributed by atoms with van der Waals surface area (Å²) in [5, 5.41) is 47.3.